The molecule has 0 aliphatic heterocycles. The van der Waals surface area contributed by atoms with Gasteiger partial charge in [-0.3, -0.25) is 0 Å². The number of hydrogen-bond acceptors (Lipinski definition) is 7. The van der Waals surface area contributed by atoms with Gasteiger partial charge in [0.1, 0.15) is 41.9 Å². The van der Waals surface area contributed by atoms with E-state index in [4.69, 9.17) is 19.7 Å². The van der Waals surface area contributed by atoms with E-state index in [1.807, 2.05) is 0 Å². The van der Waals surface area contributed by atoms with Gasteiger partial charge in [-0.2, -0.15) is 0 Å². The molecule has 0 fully saturated rings. The molecule has 0 saturated heterocycles. The molecule has 0 aliphatic carbocycles. The van der Waals surface area contributed by atoms with Gasteiger partial charge in [-0.25, -0.2) is 19.2 Å². The molecule has 0 amide bonds. The molecule has 0 heterocycles. The molecule has 11 nitrogen and oxygen atoms in total. The minimum absolute atomic E-state index is 0.291. The highest BCUT2D eigenvalue weighted by molar-refractivity contribution is 6.04. The Morgan fingerprint density at radius 1 is 0.667 bits per heavy atom. The van der Waals surface area contributed by atoms with E-state index in [0.717, 1.165) is 12.1 Å². The first-order chi connectivity index (χ1) is 14.1. The van der Waals surface area contributed by atoms with Gasteiger partial charge in [-0.1, -0.05) is 12.1 Å². The van der Waals surface area contributed by atoms with Crippen molar-refractivity contribution in [3.8, 4) is 11.5 Å². The lowest BCUT2D eigenvalue weighted by atomic mass is 10.1. The lowest BCUT2D eigenvalue weighted by molar-refractivity contribution is 0.0561. The highest BCUT2D eigenvalue weighted by Crippen LogP contribution is 2.24. The summed E-state index contributed by atoms with van der Waals surface area (Å²) >= 11 is 0. The maximum absolute atomic E-state index is 11.4. The van der Waals surface area contributed by atoms with E-state index >= 15 is 0 Å². The van der Waals surface area contributed by atoms with E-state index in [9.17, 15) is 34.5 Å². The maximum Gasteiger partial charge on any atom is 0.340 e. The fraction of sp³-hybridized carbons (Fsp3) is 0.158. The second-order valence-electron chi connectivity index (χ2n) is 5.85. The molecule has 0 unspecified atom stereocenters. The van der Waals surface area contributed by atoms with Crippen molar-refractivity contribution < 1.29 is 54.2 Å². The first-order valence-corrected chi connectivity index (χ1v) is 8.26. The van der Waals surface area contributed by atoms with Crippen LogP contribution < -0.4 is 9.47 Å². The van der Waals surface area contributed by atoms with E-state index < -0.39 is 65.4 Å². The quantitative estimate of drug-likeness (QED) is 0.372. The standard InChI is InChI=1S/C19H16O11/c20-9(7-29-12-5-1-3-10(16(21)22)14(12)18(25)26)8-30-13-6-2-4-11(17(23)24)15(13)19(27)28/h1-6,9,20H,7-8H2,(H,21,22)(H,23,24)(H,25,26)(H,27,28). The third-order valence-electron chi connectivity index (χ3n) is 3.80. The predicted molar refractivity (Wildman–Crippen MR) is 97.7 cm³/mol. The Kier molecular flexibility index (Phi) is 6.94. The summed E-state index contributed by atoms with van der Waals surface area (Å²) < 4.78 is 10.4. The lowest BCUT2D eigenvalue weighted by Crippen LogP contribution is -2.26. The molecule has 0 aromatic heterocycles. The van der Waals surface area contributed by atoms with Gasteiger partial charge in [0.2, 0.25) is 0 Å². The minimum Gasteiger partial charge on any atom is -0.490 e. The number of carboxylic acids is 4. The monoisotopic (exact) mass is 420 g/mol. The summed E-state index contributed by atoms with van der Waals surface area (Å²) in [6.07, 6.45) is -1.38. The van der Waals surface area contributed by atoms with Crippen LogP contribution in [0, 0.1) is 0 Å². The highest BCUT2D eigenvalue weighted by Gasteiger charge is 2.23. The van der Waals surface area contributed by atoms with Gasteiger partial charge in [0.15, 0.2) is 0 Å². The van der Waals surface area contributed by atoms with E-state index in [0.29, 0.717) is 0 Å². The van der Waals surface area contributed by atoms with Crippen molar-refractivity contribution in [1.82, 2.24) is 0 Å². The van der Waals surface area contributed by atoms with Crippen LogP contribution in [0.4, 0.5) is 0 Å². The molecule has 2 rings (SSSR count). The summed E-state index contributed by atoms with van der Waals surface area (Å²) in [4.78, 5) is 45.0. The number of rotatable bonds is 10. The van der Waals surface area contributed by atoms with Gasteiger partial charge in [0.05, 0.1) is 11.1 Å². The average molecular weight is 420 g/mol. The first-order valence-electron chi connectivity index (χ1n) is 8.26. The van der Waals surface area contributed by atoms with Gasteiger partial charge in [0.25, 0.3) is 0 Å². The molecule has 0 atom stereocenters. The molecule has 0 radical (unpaired) electrons. The van der Waals surface area contributed by atoms with Crippen LogP contribution >= 0.6 is 0 Å². The number of carboxylic acid groups (broad SMARTS) is 4. The summed E-state index contributed by atoms with van der Waals surface area (Å²) in [5.41, 5.74) is -2.19. The maximum atomic E-state index is 11.4. The smallest absolute Gasteiger partial charge is 0.340 e. The molecular weight excluding hydrogens is 404 g/mol. The highest BCUT2D eigenvalue weighted by atomic mass is 16.5. The fourth-order valence-corrected chi connectivity index (χ4v) is 2.52. The van der Waals surface area contributed by atoms with Gasteiger partial charge in [-0.15, -0.1) is 0 Å². The second kappa shape index (κ2) is 9.39. The van der Waals surface area contributed by atoms with Crippen molar-refractivity contribution in [3.05, 3.63) is 58.7 Å². The molecule has 0 aliphatic rings. The van der Waals surface area contributed by atoms with Crippen LogP contribution in [0.5, 0.6) is 11.5 Å². The van der Waals surface area contributed by atoms with Crippen LogP contribution in [0.25, 0.3) is 0 Å². The van der Waals surface area contributed by atoms with Crippen LogP contribution in [0.2, 0.25) is 0 Å². The van der Waals surface area contributed by atoms with Crippen molar-refractivity contribution in [2.75, 3.05) is 13.2 Å². The Morgan fingerprint density at radius 2 is 1.03 bits per heavy atom. The second-order valence-corrected chi connectivity index (χ2v) is 5.85. The molecule has 158 valence electrons. The summed E-state index contributed by atoms with van der Waals surface area (Å²) in [7, 11) is 0. The van der Waals surface area contributed by atoms with Crippen LogP contribution in [0.3, 0.4) is 0 Å². The Balaban J connectivity index is 2.11. The number of aliphatic hydroxyl groups excluding tert-OH is 1. The molecule has 11 heteroatoms. The van der Waals surface area contributed by atoms with Crippen molar-refractivity contribution in [2.45, 2.75) is 6.10 Å². The van der Waals surface area contributed by atoms with Crippen LogP contribution in [-0.4, -0.2) is 68.7 Å². The van der Waals surface area contributed by atoms with Gasteiger partial charge in [-0.05, 0) is 24.3 Å². The van der Waals surface area contributed by atoms with Crippen molar-refractivity contribution in [1.29, 1.82) is 0 Å². The zero-order valence-electron chi connectivity index (χ0n) is 15.1. The Morgan fingerprint density at radius 3 is 1.33 bits per heavy atom. The number of aromatic carboxylic acids is 4. The SMILES string of the molecule is O=C(O)c1cccc(OCC(O)COc2cccc(C(=O)O)c2C(=O)O)c1C(=O)O. The lowest BCUT2D eigenvalue weighted by Gasteiger charge is -2.16. The molecule has 2 aromatic carbocycles. The number of aliphatic hydroxyl groups is 1. The van der Waals surface area contributed by atoms with Gasteiger partial charge < -0.3 is 35.0 Å². The summed E-state index contributed by atoms with van der Waals surface area (Å²) in [5, 5.41) is 46.6. The molecule has 2 aromatic rings. The van der Waals surface area contributed by atoms with Gasteiger partial charge in [0, 0.05) is 0 Å². The molecule has 0 saturated carbocycles. The number of benzene rings is 2. The third kappa shape index (κ3) is 5.02. The van der Waals surface area contributed by atoms with Crippen molar-refractivity contribution in [2.24, 2.45) is 0 Å². The topological polar surface area (TPSA) is 188 Å². The molecule has 0 bridgehead atoms. The molecule has 30 heavy (non-hydrogen) atoms. The molecule has 5 N–H and O–H groups in total. The van der Waals surface area contributed by atoms with E-state index in [2.05, 4.69) is 0 Å². The van der Waals surface area contributed by atoms with E-state index in [-0.39, 0.29) is 11.5 Å². The predicted octanol–water partition coefficient (Wildman–Crippen LogP) is 1.30. The molecule has 0 spiro atoms. The van der Waals surface area contributed by atoms with Crippen molar-refractivity contribution >= 4 is 23.9 Å². The average Bonchev–Trinajstić information content (AvgIpc) is 2.69. The zero-order valence-corrected chi connectivity index (χ0v) is 15.1. The Bertz CT molecular complexity index is 916. The van der Waals surface area contributed by atoms with Crippen LogP contribution in [0.1, 0.15) is 41.4 Å². The van der Waals surface area contributed by atoms with Crippen LogP contribution in [0.15, 0.2) is 36.4 Å². The summed E-state index contributed by atoms with van der Waals surface area (Å²) in [6.45, 7) is -1.02. The van der Waals surface area contributed by atoms with E-state index in [1.54, 1.807) is 0 Å². The molecular formula is C19H16O11. The Hall–Kier alpha value is -4.12. The zero-order chi connectivity index (χ0) is 22.4. The number of ether oxygens (including phenoxy) is 2. The van der Waals surface area contributed by atoms with Crippen molar-refractivity contribution in [3.63, 3.8) is 0 Å². The largest absolute Gasteiger partial charge is 0.490 e. The number of hydrogen-bond donors (Lipinski definition) is 5. The minimum atomic E-state index is -1.54. The van der Waals surface area contributed by atoms with Gasteiger partial charge >= 0.3 is 23.9 Å². The fourth-order valence-electron chi connectivity index (χ4n) is 2.52. The van der Waals surface area contributed by atoms with E-state index in [1.165, 1.54) is 24.3 Å². The van der Waals surface area contributed by atoms with Crippen LogP contribution in [-0.2, 0) is 0 Å². The Labute approximate surface area is 168 Å². The summed E-state index contributed by atoms with van der Waals surface area (Å²) in [5.74, 6) is -6.60. The summed E-state index contributed by atoms with van der Waals surface area (Å²) in [6, 6.07) is 7.13. The normalized spacial score (nSPS) is 10.5. The first kappa shape index (κ1) is 22.2. The number of carbonyl (C=O) groups is 4. The third-order valence-corrected chi connectivity index (χ3v) is 3.80.